The summed E-state index contributed by atoms with van der Waals surface area (Å²) in [6.07, 6.45) is 6.01. The van der Waals surface area contributed by atoms with E-state index in [9.17, 15) is 9.18 Å². The van der Waals surface area contributed by atoms with Gasteiger partial charge in [-0.25, -0.2) is 9.37 Å². The highest BCUT2D eigenvalue weighted by Crippen LogP contribution is 2.30. The van der Waals surface area contributed by atoms with Crippen LogP contribution in [0.2, 0.25) is 0 Å². The fraction of sp³-hybridized carbons (Fsp3) is 0.478. The van der Waals surface area contributed by atoms with Crippen LogP contribution in [-0.2, 0) is 11.3 Å². The van der Waals surface area contributed by atoms with Gasteiger partial charge >= 0.3 is 0 Å². The van der Waals surface area contributed by atoms with Crippen molar-refractivity contribution < 1.29 is 9.18 Å². The zero-order chi connectivity index (χ0) is 20.2. The lowest BCUT2D eigenvalue weighted by atomic mass is 9.96. The van der Waals surface area contributed by atoms with Gasteiger partial charge in [0, 0.05) is 30.4 Å². The maximum absolute atomic E-state index is 13.4. The van der Waals surface area contributed by atoms with Crippen molar-refractivity contribution in [3.05, 3.63) is 54.0 Å². The lowest BCUT2D eigenvalue weighted by molar-refractivity contribution is -0.123. The minimum Gasteiger partial charge on any atom is -0.354 e. The molecule has 1 aliphatic carbocycles. The van der Waals surface area contributed by atoms with Gasteiger partial charge in [0.05, 0.1) is 6.54 Å². The molecule has 2 aliphatic rings. The van der Waals surface area contributed by atoms with Crippen LogP contribution in [0.5, 0.6) is 0 Å². The number of benzene rings is 1. The molecule has 6 heteroatoms. The fourth-order valence-electron chi connectivity index (χ4n) is 4.06. The Morgan fingerprint density at radius 3 is 2.41 bits per heavy atom. The number of piperidine rings is 1. The molecule has 2 aromatic rings. The summed E-state index contributed by atoms with van der Waals surface area (Å²) in [6, 6.07) is 10.9. The summed E-state index contributed by atoms with van der Waals surface area (Å²) in [7, 11) is 0. The first-order chi connectivity index (χ1) is 14.2. The molecule has 1 aliphatic heterocycles. The van der Waals surface area contributed by atoms with Crippen molar-refractivity contribution in [3.63, 3.8) is 0 Å². The third-order valence-corrected chi connectivity index (χ3v) is 5.87. The van der Waals surface area contributed by atoms with E-state index in [1.165, 1.54) is 25.0 Å². The summed E-state index contributed by atoms with van der Waals surface area (Å²) < 4.78 is 13.4. The molecule has 1 aromatic heterocycles. The number of halogens is 1. The van der Waals surface area contributed by atoms with Gasteiger partial charge in [0.1, 0.15) is 11.6 Å². The van der Waals surface area contributed by atoms with Crippen molar-refractivity contribution in [1.82, 2.24) is 10.3 Å². The van der Waals surface area contributed by atoms with E-state index in [1.54, 1.807) is 17.0 Å². The molecule has 4 rings (SSSR count). The van der Waals surface area contributed by atoms with E-state index in [0.717, 1.165) is 49.5 Å². The van der Waals surface area contributed by atoms with Crippen LogP contribution in [0, 0.1) is 11.7 Å². The van der Waals surface area contributed by atoms with Crippen LogP contribution in [0.25, 0.3) is 0 Å². The summed E-state index contributed by atoms with van der Waals surface area (Å²) in [5, 5.41) is 3.31. The van der Waals surface area contributed by atoms with Crippen molar-refractivity contribution >= 4 is 17.4 Å². The first-order valence-corrected chi connectivity index (χ1v) is 10.6. The molecule has 1 amide bonds. The Morgan fingerprint density at radius 1 is 1.10 bits per heavy atom. The lowest BCUT2D eigenvalue weighted by Gasteiger charge is -2.30. The smallest absolute Gasteiger partial charge is 0.230 e. The molecule has 0 atom stereocenters. The number of carbonyl (C=O) groups excluding carboxylic acids is 1. The molecule has 1 saturated carbocycles. The molecule has 2 heterocycles. The summed E-state index contributed by atoms with van der Waals surface area (Å²) in [4.78, 5) is 22.1. The maximum Gasteiger partial charge on any atom is 0.230 e. The fourth-order valence-corrected chi connectivity index (χ4v) is 4.06. The van der Waals surface area contributed by atoms with Gasteiger partial charge in [0.15, 0.2) is 0 Å². The molecule has 5 nitrogen and oxygen atoms in total. The summed E-state index contributed by atoms with van der Waals surface area (Å²) in [5.41, 5.74) is 1.71. The zero-order valence-electron chi connectivity index (χ0n) is 17.0. The van der Waals surface area contributed by atoms with Gasteiger partial charge in [0.2, 0.25) is 5.91 Å². The Labute approximate surface area is 171 Å². The molecule has 1 aromatic carbocycles. The van der Waals surface area contributed by atoms with Gasteiger partial charge < -0.3 is 15.1 Å². The first-order valence-electron chi connectivity index (χ1n) is 10.6. The number of nitrogens with one attached hydrogen (secondary N) is 1. The van der Waals surface area contributed by atoms with Crippen LogP contribution in [-0.4, -0.2) is 36.6 Å². The van der Waals surface area contributed by atoms with Crippen molar-refractivity contribution in [2.45, 2.75) is 45.2 Å². The number of anilines is 2. The summed E-state index contributed by atoms with van der Waals surface area (Å²) in [5.74, 6) is 0.805. The van der Waals surface area contributed by atoms with Crippen LogP contribution >= 0.6 is 0 Å². The van der Waals surface area contributed by atoms with E-state index in [4.69, 9.17) is 0 Å². The molecule has 0 unspecified atom stereocenters. The van der Waals surface area contributed by atoms with Gasteiger partial charge in [-0.3, -0.25) is 4.79 Å². The molecule has 0 radical (unpaired) electrons. The third-order valence-electron chi connectivity index (χ3n) is 5.87. The molecule has 1 saturated heterocycles. The number of hydrogen-bond donors (Lipinski definition) is 1. The number of nitrogens with zero attached hydrogens (tertiary/aromatic N) is 3. The Bertz CT molecular complexity index is 814. The van der Waals surface area contributed by atoms with E-state index in [-0.39, 0.29) is 17.6 Å². The minimum atomic E-state index is -0.297. The second-order valence-electron chi connectivity index (χ2n) is 7.97. The van der Waals surface area contributed by atoms with Crippen LogP contribution in [0.3, 0.4) is 0 Å². The Balaban J connectivity index is 1.54. The van der Waals surface area contributed by atoms with Crippen molar-refractivity contribution in [3.8, 4) is 0 Å². The van der Waals surface area contributed by atoms with E-state index >= 15 is 0 Å². The highest BCUT2D eigenvalue weighted by molar-refractivity contribution is 5.95. The molecular formula is C23H29FN4O. The van der Waals surface area contributed by atoms with Gasteiger partial charge in [-0.15, -0.1) is 0 Å². The highest BCUT2D eigenvalue weighted by Gasteiger charge is 2.29. The number of aromatic nitrogens is 1. The SMILES string of the molecule is CCN(c1ccc(CN(C(=O)C2CCNCC2)c2ccc(F)cc2)cn1)C1CC1. The summed E-state index contributed by atoms with van der Waals surface area (Å²) >= 11 is 0. The Morgan fingerprint density at radius 2 is 1.83 bits per heavy atom. The van der Waals surface area contributed by atoms with Gasteiger partial charge in [0.25, 0.3) is 0 Å². The number of pyridine rings is 1. The minimum absolute atomic E-state index is 0.000940. The summed E-state index contributed by atoms with van der Waals surface area (Å²) in [6.45, 7) is 5.27. The third kappa shape index (κ3) is 4.75. The molecular weight excluding hydrogens is 367 g/mol. The largest absolute Gasteiger partial charge is 0.354 e. The zero-order valence-corrected chi connectivity index (χ0v) is 17.0. The van der Waals surface area contributed by atoms with Crippen LogP contribution < -0.4 is 15.1 Å². The number of carbonyl (C=O) groups is 1. The topological polar surface area (TPSA) is 48.5 Å². The molecule has 154 valence electrons. The average Bonchev–Trinajstić information content (AvgIpc) is 3.60. The second kappa shape index (κ2) is 8.91. The van der Waals surface area contributed by atoms with Gasteiger partial charge in [-0.05, 0) is 81.6 Å². The lowest BCUT2D eigenvalue weighted by Crippen LogP contribution is -2.41. The molecule has 2 fully saturated rings. The van der Waals surface area contributed by atoms with E-state index in [0.29, 0.717) is 12.6 Å². The Hall–Kier alpha value is -2.47. The predicted molar refractivity (Wildman–Crippen MR) is 113 cm³/mol. The number of amides is 1. The standard InChI is InChI=1S/C23H29FN4O/c1-2-27(20-8-9-20)22-10-3-17(15-26-22)16-28(21-6-4-19(24)5-7-21)23(29)18-11-13-25-14-12-18/h3-7,10,15,18,20,25H,2,8-9,11-14,16H2,1H3. The highest BCUT2D eigenvalue weighted by atomic mass is 19.1. The first kappa shape index (κ1) is 19.8. The molecule has 0 spiro atoms. The molecule has 1 N–H and O–H groups in total. The monoisotopic (exact) mass is 396 g/mol. The Kier molecular flexibility index (Phi) is 6.09. The normalized spacial score (nSPS) is 17.2. The van der Waals surface area contributed by atoms with E-state index in [1.807, 2.05) is 6.20 Å². The number of rotatable bonds is 7. The van der Waals surface area contributed by atoms with Crippen molar-refractivity contribution in [1.29, 1.82) is 0 Å². The van der Waals surface area contributed by atoms with Crippen LogP contribution in [0.15, 0.2) is 42.6 Å². The van der Waals surface area contributed by atoms with Crippen molar-refractivity contribution in [2.75, 3.05) is 29.4 Å². The van der Waals surface area contributed by atoms with E-state index in [2.05, 4.69) is 34.3 Å². The van der Waals surface area contributed by atoms with Crippen LogP contribution in [0.4, 0.5) is 15.9 Å². The van der Waals surface area contributed by atoms with E-state index < -0.39 is 0 Å². The van der Waals surface area contributed by atoms with Crippen molar-refractivity contribution in [2.24, 2.45) is 5.92 Å². The quantitative estimate of drug-likeness (QED) is 0.775. The van der Waals surface area contributed by atoms with Gasteiger partial charge in [-0.2, -0.15) is 0 Å². The maximum atomic E-state index is 13.4. The van der Waals surface area contributed by atoms with Gasteiger partial charge in [-0.1, -0.05) is 6.07 Å². The second-order valence-corrected chi connectivity index (χ2v) is 7.97. The predicted octanol–water partition coefficient (Wildman–Crippen LogP) is 3.74. The van der Waals surface area contributed by atoms with Crippen LogP contribution in [0.1, 0.15) is 38.2 Å². The molecule has 29 heavy (non-hydrogen) atoms. The molecule has 0 bridgehead atoms. The number of hydrogen-bond acceptors (Lipinski definition) is 4. The average molecular weight is 397 g/mol.